The standard InChI is InChI=1S/C10H12O2/c1-2-12-10(11)8-7-9-5-3-4-6-9/h3-9H,2H2,1H3/b8-7-. The molecule has 0 radical (unpaired) electrons. The Morgan fingerprint density at radius 1 is 1.50 bits per heavy atom. The Morgan fingerprint density at radius 3 is 2.75 bits per heavy atom. The first kappa shape index (κ1) is 8.78. The fourth-order valence-electron chi connectivity index (χ4n) is 0.957. The van der Waals surface area contributed by atoms with Gasteiger partial charge in [0, 0.05) is 12.0 Å². The maximum absolute atomic E-state index is 10.8. The number of esters is 1. The first-order valence-corrected chi connectivity index (χ1v) is 4.03. The molecular weight excluding hydrogens is 152 g/mol. The van der Waals surface area contributed by atoms with Gasteiger partial charge in [0.2, 0.25) is 0 Å². The van der Waals surface area contributed by atoms with E-state index in [4.69, 9.17) is 4.74 Å². The molecule has 1 aliphatic carbocycles. The topological polar surface area (TPSA) is 26.3 Å². The zero-order valence-electron chi connectivity index (χ0n) is 7.07. The molecule has 0 unspecified atom stereocenters. The van der Waals surface area contributed by atoms with Crippen LogP contribution < -0.4 is 0 Å². The van der Waals surface area contributed by atoms with Crippen LogP contribution in [0.5, 0.6) is 0 Å². The van der Waals surface area contributed by atoms with E-state index in [9.17, 15) is 4.79 Å². The lowest BCUT2D eigenvalue weighted by molar-refractivity contribution is -0.137. The maximum atomic E-state index is 10.8. The summed E-state index contributed by atoms with van der Waals surface area (Å²) < 4.78 is 4.73. The van der Waals surface area contributed by atoms with Gasteiger partial charge >= 0.3 is 5.97 Å². The monoisotopic (exact) mass is 164 g/mol. The predicted octanol–water partition coefficient (Wildman–Crippen LogP) is 1.85. The Bertz CT molecular complexity index is 224. The molecule has 0 saturated carbocycles. The second kappa shape index (κ2) is 4.54. The van der Waals surface area contributed by atoms with Crippen molar-refractivity contribution in [1.29, 1.82) is 0 Å². The van der Waals surface area contributed by atoms with Crippen LogP contribution in [0.3, 0.4) is 0 Å². The quantitative estimate of drug-likeness (QED) is 0.470. The number of rotatable bonds is 3. The van der Waals surface area contributed by atoms with E-state index in [1.807, 2.05) is 30.4 Å². The Kier molecular flexibility index (Phi) is 3.33. The average Bonchev–Trinajstić information content (AvgIpc) is 2.53. The highest BCUT2D eigenvalue weighted by Crippen LogP contribution is 2.09. The normalized spacial score (nSPS) is 16.1. The van der Waals surface area contributed by atoms with Crippen molar-refractivity contribution in [1.82, 2.24) is 0 Å². The minimum absolute atomic E-state index is 0.259. The van der Waals surface area contributed by atoms with Crippen LogP contribution in [0, 0.1) is 5.92 Å². The van der Waals surface area contributed by atoms with Crippen molar-refractivity contribution in [2.45, 2.75) is 6.92 Å². The summed E-state index contributed by atoms with van der Waals surface area (Å²) >= 11 is 0. The van der Waals surface area contributed by atoms with Crippen LogP contribution in [0.4, 0.5) is 0 Å². The molecule has 2 nitrogen and oxygen atoms in total. The van der Waals surface area contributed by atoms with E-state index in [0.717, 1.165) is 0 Å². The van der Waals surface area contributed by atoms with Gasteiger partial charge in [-0.2, -0.15) is 0 Å². The van der Waals surface area contributed by atoms with Crippen molar-refractivity contribution in [3.8, 4) is 0 Å². The number of hydrogen-bond acceptors (Lipinski definition) is 2. The van der Waals surface area contributed by atoms with Crippen molar-refractivity contribution in [3.05, 3.63) is 36.5 Å². The van der Waals surface area contributed by atoms with Gasteiger partial charge < -0.3 is 4.74 Å². The van der Waals surface area contributed by atoms with Gasteiger partial charge in [-0.1, -0.05) is 30.4 Å². The number of carbonyl (C=O) groups excluding carboxylic acids is 1. The average molecular weight is 164 g/mol. The van der Waals surface area contributed by atoms with E-state index >= 15 is 0 Å². The lowest BCUT2D eigenvalue weighted by Gasteiger charge is -1.96. The highest BCUT2D eigenvalue weighted by molar-refractivity contribution is 5.82. The number of ether oxygens (including phenoxy) is 1. The zero-order valence-corrected chi connectivity index (χ0v) is 7.07. The third-order valence-corrected chi connectivity index (χ3v) is 1.52. The molecule has 0 spiro atoms. The zero-order chi connectivity index (χ0) is 8.81. The molecular formula is C10H12O2. The van der Waals surface area contributed by atoms with Gasteiger partial charge in [0.15, 0.2) is 0 Å². The van der Waals surface area contributed by atoms with E-state index < -0.39 is 0 Å². The van der Waals surface area contributed by atoms with Crippen LogP contribution in [0.1, 0.15) is 6.92 Å². The summed E-state index contributed by atoms with van der Waals surface area (Å²) in [6.45, 7) is 2.22. The summed E-state index contributed by atoms with van der Waals surface area (Å²) in [5.41, 5.74) is 0. The van der Waals surface area contributed by atoms with Crippen molar-refractivity contribution in [3.63, 3.8) is 0 Å². The Morgan fingerprint density at radius 2 is 2.17 bits per heavy atom. The minimum atomic E-state index is -0.272. The molecule has 0 aromatic heterocycles. The fraction of sp³-hybridized carbons (Fsp3) is 0.300. The van der Waals surface area contributed by atoms with E-state index in [1.165, 1.54) is 6.08 Å². The molecule has 64 valence electrons. The molecule has 2 heteroatoms. The highest BCUT2D eigenvalue weighted by atomic mass is 16.5. The van der Waals surface area contributed by atoms with Gasteiger partial charge in [-0.05, 0) is 6.92 Å². The lowest BCUT2D eigenvalue weighted by Crippen LogP contribution is -1.99. The van der Waals surface area contributed by atoms with E-state index in [0.29, 0.717) is 6.61 Å². The van der Waals surface area contributed by atoms with Crippen LogP contribution in [0.25, 0.3) is 0 Å². The number of allylic oxidation sites excluding steroid dienone is 5. The fourth-order valence-corrected chi connectivity index (χ4v) is 0.957. The molecule has 0 aromatic carbocycles. The maximum Gasteiger partial charge on any atom is 0.330 e. The first-order valence-electron chi connectivity index (χ1n) is 4.03. The molecule has 0 bridgehead atoms. The molecule has 12 heavy (non-hydrogen) atoms. The first-order chi connectivity index (χ1) is 5.83. The summed E-state index contributed by atoms with van der Waals surface area (Å²) in [6.07, 6.45) is 11.2. The highest BCUT2D eigenvalue weighted by Gasteiger charge is 1.99. The molecule has 0 saturated heterocycles. The summed E-state index contributed by atoms with van der Waals surface area (Å²) in [6, 6.07) is 0. The summed E-state index contributed by atoms with van der Waals surface area (Å²) in [7, 11) is 0. The Hall–Kier alpha value is -1.31. The molecule has 1 aliphatic rings. The van der Waals surface area contributed by atoms with Crippen molar-refractivity contribution >= 4 is 5.97 Å². The molecule has 0 heterocycles. The molecule has 0 aromatic rings. The molecule has 1 rings (SSSR count). The number of hydrogen-bond donors (Lipinski definition) is 0. The van der Waals surface area contributed by atoms with Crippen LogP contribution in [0.2, 0.25) is 0 Å². The Labute approximate surface area is 72.2 Å². The van der Waals surface area contributed by atoms with Gasteiger partial charge in [-0.15, -0.1) is 0 Å². The van der Waals surface area contributed by atoms with Crippen LogP contribution >= 0.6 is 0 Å². The largest absolute Gasteiger partial charge is 0.463 e. The van der Waals surface area contributed by atoms with Crippen LogP contribution in [-0.2, 0) is 9.53 Å². The predicted molar refractivity (Wildman–Crippen MR) is 47.5 cm³/mol. The van der Waals surface area contributed by atoms with Gasteiger partial charge in [0.05, 0.1) is 6.61 Å². The molecule has 0 amide bonds. The SMILES string of the molecule is CCOC(=O)/C=C\C1C=CC=C1. The van der Waals surface area contributed by atoms with Gasteiger partial charge in [0.25, 0.3) is 0 Å². The second-order valence-electron chi connectivity index (χ2n) is 2.46. The summed E-state index contributed by atoms with van der Waals surface area (Å²) in [5, 5.41) is 0. The van der Waals surface area contributed by atoms with Crippen molar-refractivity contribution in [2.75, 3.05) is 6.61 Å². The molecule has 0 atom stereocenters. The van der Waals surface area contributed by atoms with E-state index in [2.05, 4.69) is 0 Å². The van der Waals surface area contributed by atoms with Gasteiger partial charge in [0.1, 0.15) is 0 Å². The number of carbonyl (C=O) groups is 1. The lowest BCUT2D eigenvalue weighted by atomic mass is 10.1. The van der Waals surface area contributed by atoms with Crippen molar-refractivity contribution < 1.29 is 9.53 Å². The van der Waals surface area contributed by atoms with Gasteiger partial charge in [-0.25, -0.2) is 4.79 Å². The van der Waals surface area contributed by atoms with Crippen LogP contribution in [-0.4, -0.2) is 12.6 Å². The second-order valence-corrected chi connectivity index (χ2v) is 2.46. The molecule has 0 aliphatic heterocycles. The third-order valence-electron chi connectivity index (χ3n) is 1.52. The van der Waals surface area contributed by atoms with E-state index in [-0.39, 0.29) is 11.9 Å². The minimum Gasteiger partial charge on any atom is -0.463 e. The van der Waals surface area contributed by atoms with Crippen molar-refractivity contribution in [2.24, 2.45) is 5.92 Å². The summed E-state index contributed by atoms with van der Waals surface area (Å²) in [4.78, 5) is 10.8. The third kappa shape index (κ3) is 2.74. The smallest absolute Gasteiger partial charge is 0.330 e. The Balaban J connectivity index is 2.34. The molecule has 0 fully saturated rings. The van der Waals surface area contributed by atoms with Gasteiger partial charge in [-0.3, -0.25) is 0 Å². The van der Waals surface area contributed by atoms with Crippen LogP contribution in [0.15, 0.2) is 36.5 Å². The van der Waals surface area contributed by atoms with E-state index in [1.54, 1.807) is 6.92 Å². The molecule has 0 N–H and O–H groups in total. The summed E-state index contributed by atoms with van der Waals surface area (Å²) in [5.74, 6) is -0.0133.